The summed E-state index contributed by atoms with van der Waals surface area (Å²) >= 11 is 0. The highest BCUT2D eigenvalue weighted by Gasteiger charge is 2.48. The first kappa shape index (κ1) is 48.6. The van der Waals surface area contributed by atoms with Crippen molar-refractivity contribution in [3.63, 3.8) is 0 Å². The normalized spacial score (nSPS) is 23.3. The fraction of sp³-hybridized carbons (Fsp3) is 0.538. The van der Waals surface area contributed by atoms with Crippen LogP contribution < -0.4 is 16.1 Å². The monoisotopic (exact) mass is 933 g/mol. The van der Waals surface area contributed by atoms with Crippen molar-refractivity contribution in [3.8, 4) is 28.1 Å². The largest absolute Gasteiger partial charge is 0.508 e. The molecule has 1 aliphatic carbocycles. The minimum Gasteiger partial charge on any atom is -0.508 e. The van der Waals surface area contributed by atoms with E-state index in [9.17, 15) is 29.1 Å². The number of esters is 1. The molecule has 4 aromatic rings. The first-order valence-corrected chi connectivity index (χ1v) is 24.2. The van der Waals surface area contributed by atoms with Gasteiger partial charge in [0.05, 0.1) is 30.6 Å². The van der Waals surface area contributed by atoms with E-state index in [1.54, 1.807) is 39.5 Å². The van der Waals surface area contributed by atoms with Crippen molar-refractivity contribution >= 4 is 40.5 Å². The van der Waals surface area contributed by atoms with Crippen molar-refractivity contribution in [3.05, 3.63) is 71.5 Å². The van der Waals surface area contributed by atoms with Crippen molar-refractivity contribution in [1.82, 2.24) is 40.4 Å². The van der Waals surface area contributed by atoms with Gasteiger partial charge in [0.15, 0.2) is 0 Å². The minimum absolute atomic E-state index is 0.0138. The number of amides is 4. The van der Waals surface area contributed by atoms with Gasteiger partial charge in [0.2, 0.25) is 17.7 Å². The molecule has 1 unspecified atom stereocenters. The number of phenols is 1. The summed E-state index contributed by atoms with van der Waals surface area (Å²) in [6, 6.07) is 13.2. The number of ether oxygens (including phenoxy) is 2. The van der Waals surface area contributed by atoms with E-state index in [1.165, 1.54) is 14.8 Å². The number of aryl methyl sites for hydroxylation is 1. The molecule has 0 spiro atoms. The fourth-order valence-electron chi connectivity index (χ4n) is 10.7. The molecule has 0 radical (unpaired) electrons. The van der Waals surface area contributed by atoms with Crippen molar-refractivity contribution in [1.29, 1.82) is 0 Å². The van der Waals surface area contributed by atoms with Crippen molar-refractivity contribution in [2.24, 2.45) is 17.3 Å². The molecule has 3 aliphatic heterocycles. The summed E-state index contributed by atoms with van der Waals surface area (Å²) in [6.07, 6.45) is 4.46. The number of benzene rings is 2. The third-order valence-electron chi connectivity index (χ3n) is 14.4. The molecule has 4 N–H and O–H groups in total. The highest BCUT2D eigenvalue weighted by molar-refractivity contribution is 5.96. The molecule has 364 valence electrons. The Morgan fingerprint density at radius 1 is 1.04 bits per heavy atom. The maximum absolute atomic E-state index is 14.7. The number of carbonyl (C=O) groups is 5. The Kier molecular flexibility index (Phi) is 14.0. The Morgan fingerprint density at radius 3 is 2.50 bits per heavy atom. The number of methoxy groups -OCH3 is 1. The summed E-state index contributed by atoms with van der Waals surface area (Å²) in [6.45, 7) is 12.7. The summed E-state index contributed by atoms with van der Waals surface area (Å²) in [7, 11) is 4.84. The van der Waals surface area contributed by atoms with E-state index in [0.29, 0.717) is 49.0 Å². The summed E-state index contributed by atoms with van der Waals surface area (Å²) in [5.74, 6) is -2.52. The summed E-state index contributed by atoms with van der Waals surface area (Å²) in [5.41, 5.74) is 9.52. The van der Waals surface area contributed by atoms with E-state index in [-0.39, 0.29) is 55.7 Å². The Labute approximate surface area is 399 Å². The first-order chi connectivity index (χ1) is 32.4. The molecule has 4 aliphatic rings. The lowest BCUT2D eigenvalue weighted by molar-refractivity contribution is -0.155. The molecule has 4 amide bonds. The average molecular weight is 933 g/mol. The van der Waals surface area contributed by atoms with Crippen molar-refractivity contribution < 1.29 is 38.6 Å². The number of likely N-dealkylation sites (N-methyl/N-ethyl adjacent to an activating group) is 2. The zero-order valence-corrected chi connectivity index (χ0v) is 40.9. The predicted octanol–water partition coefficient (Wildman–Crippen LogP) is 5.14. The van der Waals surface area contributed by atoms with Crippen LogP contribution in [0.5, 0.6) is 5.75 Å². The molecule has 16 heteroatoms. The molecule has 3 fully saturated rings. The number of hydrogen-bond acceptors (Lipinski definition) is 11. The third-order valence-corrected chi connectivity index (χ3v) is 14.4. The molecule has 2 saturated heterocycles. The maximum Gasteiger partial charge on any atom is 0.324 e. The lowest BCUT2D eigenvalue weighted by Crippen LogP contribution is -2.62. The number of rotatable bonds is 11. The Bertz CT molecular complexity index is 2580. The fourth-order valence-corrected chi connectivity index (χ4v) is 10.7. The maximum atomic E-state index is 14.7. The van der Waals surface area contributed by atoms with Crippen molar-refractivity contribution in [2.75, 3.05) is 40.9 Å². The molecule has 2 aromatic heterocycles. The number of phenolic OH excluding ortho intramolecular Hbond substituents is 1. The zero-order valence-electron chi connectivity index (χ0n) is 40.9. The zero-order chi connectivity index (χ0) is 48.8. The van der Waals surface area contributed by atoms with Gasteiger partial charge in [-0.3, -0.25) is 34.0 Å². The predicted molar refractivity (Wildman–Crippen MR) is 258 cm³/mol. The van der Waals surface area contributed by atoms with Crippen LogP contribution in [0, 0.1) is 17.3 Å². The number of pyridine rings is 1. The summed E-state index contributed by atoms with van der Waals surface area (Å²) in [4.78, 5) is 77.9. The Hall–Kier alpha value is -5.84. The number of carbonyl (C=O) groups excluding carboxylic acids is 5. The van der Waals surface area contributed by atoms with Crippen LogP contribution in [0.1, 0.15) is 90.2 Å². The highest BCUT2D eigenvalue weighted by atomic mass is 16.5. The third kappa shape index (κ3) is 9.99. The molecule has 7 atom stereocenters. The minimum atomic E-state index is -1.17. The Balaban J connectivity index is 1.16. The molecule has 1 saturated carbocycles. The van der Waals surface area contributed by atoms with Gasteiger partial charge in [0, 0.05) is 86.8 Å². The van der Waals surface area contributed by atoms with Crippen LogP contribution in [-0.4, -0.2) is 130 Å². The Morgan fingerprint density at radius 2 is 1.79 bits per heavy atom. The first-order valence-electron chi connectivity index (χ1n) is 24.2. The van der Waals surface area contributed by atoms with Gasteiger partial charge in [-0.15, -0.1) is 0 Å². The number of nitrogens with one attached hydrogen (secondary N) is 3. The van der Waals surface area contributed by atoms with Gasteiger partial charge in [-0.25, -0.2) is 5.43 Å². The number of hydrazine groups is 1. The van der Waals surface area contributed by atoms with Gasteiger partial charge in [-0.2, -0.15) is 0 Å². The van der Waals surface area contributed by atoms with Crippen LogP contribution in [0.15, 0.2) is 54.7 Å². The standard InChI is InChI=1S/C52H68N8O8/c1-10-59-43-16-15-32-23-37(43)38(47(59)36-13-11-17-53-45(36)30(4)67-9)26-52(5,6)28-68-51(66)39-14-12-18-60(56-39)50(65)42(21-31-19-33(32)22-35(61)20-31)55-48(63)46(29(2)3)58(8)44(62)27-57(7)49(64)34-24-40-41(25-34)54-40/h11,13,15-17,19-20,22-23,29-30,34,39-42,46,54,56,61H,10,12,14,18,21,24-28H2,1-9H3,(H,55,63)/t30-,34?,39-,40-,41+,42-,46-/m0/s1. The van der Waals surface area contributed by atoms with Gasteiger partial charge in [-0.05, 0) is 111 Å². The van der Waals surface area contributed by atoms with Gasteiger partial charge < -0.3 is 39.6 Å². The highest BCUT2D eigenvalue weighted by Crippen LogP contribution is 2.42. The van der Waals surface area contributed by atoms with Gasteiger partial charge in [-0.1, -0.05) is 39.8 Å². The van der Waals surface area contributed by atoms with Crippen LogP contribution in [0.3, 0.4) is 0 Å². The van der Waals surface area contributed by atoms with Crippen molar-refractivity contribution in [2.45, 2.75) is 123 Å². The van der Waals surface area contributed by atoms with Crippen LogP contribution >= 0.6 is 0 Å². The molecule has 2 aromatic carbocycles. The molecule has 6 bridgehead atoms. The number of aromatic hydroxyl groups is 1. The average Bonchev–Trinajstić information content (AvgIpc) is 3.80. The van der Waals surface area contributed by atoms with E-state index in [4.69, 9.17) is 14.5 Å². The number of nitrogens with zero attached hydrogens (tertiary/aromatic N) is 5. The van der Waals surface area contributed by atoms with Crippen LogP contribution in [-0.2, 0) is 52.8 Å². The van der Waals surface area contributed by atoms with E-state index in [1.807, 2.05) is 39.0 Å². The second kappa shape index (κ2) is 19.6. The summed E-state index contributed by atoms with van der Waals surface area (Å²) in [5, 5.41) is 20.1. The second-order valence-corrected chi connectivity index (χ2v) is 20.5. The van der Waals surface area contributed by atoms with Gasteiger partial charge in [0.25, 0.3) is 5.91 Å². The lowest BCUT2D eigenvalue weighted by atomic mass is 9.84. The number of piperidine rings is 1. The topological polar surface area (TPSA) is 198 Å². The van der Waals surface area contributed by atoms with E-state index < -0.39 is 47.2 Å². The molecular formula is C52H68N8O8. The molecule has 16 nitrogen and oxygen atoms in total. The molecule has 8 rings (SSSR count). The molecule has 68 heavy (non-hydrogen) atoms. The number of cyclic esters (lactones) is 1. The quantitative estimate of drug-likeness (QED) is 0.115. The SMILES string of the molecule is CCn1c(-c2cccnc2[C@H](C)OC)c2c3cc(ccc31)-c1cc(O)cc(c1)C[C@H](NC(=O)[C@H](C(C)C)N(C)C(=O)CN(C)C(=O)C1C[C@@H]3N[C@@H]3C1)C(=O)N1CCC[C@H](N1)C(=O)OCC(C)(C)C2. The van der Waals surface area contributed by atoms with Gasteiger partial charge >= 0.3 is 5.97 Å². The van der Waals surface area contributed by atoms with Gasteiger partial charge in [0.1, 0.15) is 23.9 Å². The molecule has 5 heterocycles. The lowest BCUT2D eigenvalue weighted by Gasteiger charge is -2.37. The smallest absolute Gasteiger partial charge is 0.324 e. The van der Waals surface area contributed by atoms with E-state index in [0.717, 1.165) is 51.8 Å². The number of hydrogen-bond donors (Lipinski definition) is 4. The second-order valence-electron chi connectivity index (χ2n) is 20.5. The van der Waals surface area contributed by atoms with Crippen LogP contribution in [0.25, 0.3) is 33.3 Å². The van der Waals surface area contributed by atoms with E-state index >= 15 is 0 Å². The van der Waals surface area contributed by atoms with Crippen LogP contribution in [0.4, 0.5) is 0 Å². The van der Waals surface area contributed by atoms with Crippen LogP contribution in [0.2, 0.25) is 0 Å². The molecular weight excluding hydrogens is 865 g/mol. The number of fused-ring (bicyclic) bond motifs is 7. The van der Waals surface area contributed by atoms with E-state index in [2.05, 4.69) is 59.6 Å². The number of aromatic nitrogens is 2. The summed E-state index contributed by atoms with van der Waals surface area (Å²) < 4.78 is 14.2.